The number of carbonyl (C=O) groups is 2. The highest BCUT2D eigenvalue weighted by Crippen LogP contribution is 2.61. The van der Waals surface area contributed by atoms with Crippen molar-refractivity contribution in [2.75, 3.05) is 7.11 Å². The molecule has 5 heteroatoms. The van der Waals surface area contributed by atoms with E-state index in [1.807, 2.05) is 13.0 Å². The van der Waals surface area contributed by atoms with Crippen LogP contribution in [-0.2, 0) is 14.9 Å². The third-order valence-corrected chi connectivity index (χ3v) is 5.56. The Bertz CT molecular complexity index is 804. The van der Waals surface area contributed by atoms with E-state index in [0.29, 0.717) is 16.9 Å². The fourth-order valence-corrected chi connectivity index (χ4v) is 4.37. The second-order valence-electron chi connectivity index (χ2n) is 7.13. The summed E-state index contributed by atoms with van der Waals surface area (Å²) in [6.07, 6.45) is -0.821. The van der Waals surface area contributed by atoms with E-state index in [-0.39, 0.29) is 17.6 Å². The second kappa shape index (κ2) is 4.03. The number of epoxide rings is 1. The number of hydrogen-bond acceptors (Lipinski definition) is 5. The van der Waals surface area contributed by atoms with Crippen LogP contribution in [0, 0.1) is 5.41 Å². The normalized spacial score (nSPS) is 33.7. The van der Waals surface area contributed by atoms with Crippen LogP contribution in [0.4, 0.5) is 0 Å². The molecule has 3 aliphatic rings. The number of allylic oxidation sites excluding steroid dienone is 1. The average molecular weight is 314 g/mol. The predicted molar refractivity (Wildman–Crippen MR) is 81.8 cm³/mol. The number of Topliss-reactive ketones (excluding diaryl/α,β-unsaturated/α-hetero) is 2. The van der Waals surface area contributed by atoms with E-state index in [0.717, 1.165) is 5.56 Å². The molecule has 0 bridgehead atoms. The second-order valence-corrected chi connectivity index (χ2v) is 7.13. The zero-order valence-corrected chi connectivity index (χ0v) is 13.5. The molecule has 2 aliphatic carbocycles. The van der Waals surface area contributed by atoms with E-state index < -0.39 is 22.7 Å². The van der Waals surface area contributed by atoms with Crippen molar-refractivity contribution in [1.29, 1.82) is 0 Å². The first kappa shape index (κ1) is 14.5. The first-order valence-electron chi connectivity index (χ1n) is 7.61. The van der Waals surface area contributed by atoms with E-state index in [9.17, 15) is 14.7 Å². The number of carbonyl (C=O) groups excluding carboxylic acids is 2. The van der Waals surface area contributed by atoms with Crippen LogP contribution in [-0.4, -0.2) is 36.0 Å². The predicted octanol–water partition coefficient (Wildman–Crippen LogP) is 2.34. The number of fused-ring (bicyclic) bond motifs is 5. The van der Waals surface area contributed by atoms with Crippen molar-refractivity contribution in [2.45, 2.75) is 38.4 Å². The van der Waals surface area contributed by atoms with Gasteiger partial charge in [-0.2, -0.15) is 0 Å². The van der Waals surface area contributed by atoms with Crippen LogP contribution in [0.25, 0.3) is 0 Å². The molecule has 1 saturated carbocycles. The Labute approximate surface area is 133 Å². The largest absolute Gasteiger partial charge is 0.504 e. The zero-order valence-electron chi connectivity index (χ0n) is 13.5. The monoisotopic (exact) mass is 314 g/mol. The van der Waals surface area contributed by atoms with Gasteiger partial charge in [-0.15, -0.1) is 0 Å². The lowest BCUT2D eigenvalue weighted by atomic mass is 9.54. The van der Waals surface area contributed by atoms with E-state index in [1.54, 1.807) is 33.1 Å². The Balaban J connectivity index is 2.06. The molecule has 0 unspecified atom stereocenters. The van der Waals surface area contributed by atoms with Crippen molar-refractivity contribution in [3.8, 4) is 5.75 Å². The molecule has 1 heterocycles. The van der Waals surface area contributed by atoms with Crippen molar-refractivity contribution in [3.63, 3.8) is 0 Å². The van der Waals surface area contributed by atoms with E-state index in [1.165, 1.54) is 0 Å². The average Bonchev–Trinajstić information content (AvgIpc) is 3.31. The quantitative estimate of drug-likeness (QED) is 0.805. The third kappa shape index (κ3) is 1.51. The molecule has 1 saturated heterocycles. The van der Waals surface area contributed by atoms with Gasteiger partial charge in [-0.1, -0.05) is 0 Å². The summed E-state index contributed by atoms with van der Waals surface area (Å²) in [5.41, 5.74) is -0.0205. The summed E-state index contributed by atoms with van der Waals surface area (Å²) in [7, 11) is 1.56. The van der Waals surface area contributed by atoms with Crippen LogP contribution in [0.1, 0.15) is 36.7 Å². The van der Waals surface area contributed by atoms with Crippen LogP contribution < -0.4 is 4.74 Å². The summed E-state index contributed by atoms with van der Waals surface area (Å²) in [4.78, 5) is 25.2. The standard InChI is InChI=1S/C18H18O5/c1-17(2)14-12(20)11(19)9-6-5-8(22-4)7-10(9)18(14,3)16-13(23-16)15(17)21/h5-7,13,16,20H,1-4H3/t13-,16-,18+/m0/s1. The van der Waals surface area contributed by atoms with Crippen LogP contribution >= 0.6 is 0 Å². The van der Waals surface area contributed by atoms with Gasteiger partial charge in [0.1, 0.15) is 18.0 Å². The Hall–Kier alpha value is -2.14. The topological polar surface area (TPSA) is 76.1 Å². The lowest BCUT2D eigenvalue weighted by Crippen LogP contribution is -2.52. The third-order valence-electron chi connectivity index (χ3n) is 5.56. The molecule has 3 atom stereocenters. The van der Waals surface area contributed by atoms with E-state index in [4.69, 9.17) is 9.47 Å². The molecule has 1 N–H and O–H groups in total. The smallest absolute Gasteiger partial charge is 0.227 e. The first-order valence-corrected chi connectivity index (χ1v) is 7.61. The van der Waals surface area contributed by atoms with Gasteiger partial charge in [0, 0.05) is 16.6 Å². The molecular weight excluding hydrogens is 296 g/mol. The molecule has 1 aromatic rings. The van der Waals surface area contributed by atoms with Gasteiger partial charge in [0.15, 0.2) is 11.5 Å². The zero-order chi connectivity index (χ0) is 16.7. The highest BCUT2D eigenvalue weighted by atomic mass is 16.6. The molecule has 23 heavy (non-hydrogen) atoms. The molecule has 1 aromatic carbocycles. The van der Waals surface area contributed by atoms with Crippen molar-refractivity contribution in [2.24, 2.45) is 5.41 Å². The molecule has 2 fully saturated rings. The molecule has 0 amide bonds. The summed E-state index contributed by atoms with van der Waals surface area (Å²) in [6, 6.07) is 5.17. The molecule has 0 spiro atoms. The van der Waals surface area contributed by atoms with Crippen LogP contribution in [0.15, 0.2) is 29.5 Å². The number of hydrogen-bond donors (Lipinski definition) is 1. The SMILES string of the molecule is COc1ccc2c(c1)[C@]1(C)C(=C(O)C2=O)C(C)(C)C(=O)[C@@H]2O[C@@H]21. The molecule has 1 aliphatic heterocycles. The van der Waals surface area contributed by atoms with Gasteiger partial charge in [0.05, 0.1) is 12.5 Å². The van der Waals surface area contributed by atoms with Crippen molar-refractivity contribution < 1.29 is 24.2 Å². The molecule has 0 aromatic heterocycles. The maximum absolute atomic E-state index is 12.6. The number of methoxy groups -OCH3 is 1. The van der Waals surface area contributed by atoms with Gasteiger partial charge in [0.25, 0.3) is 0 Å². The lowest BCUT2D eigenvalue weighted by molar-refractivity contribution is -0.127. The summed E-state index contributed by atoms with van der Waals surface area (Å²) >= 11 is 0. The number of aliphatic hydroxyl groups is 1. The Morgan fingerprint density at radius 1 is 1.22 bits per heavy atom. The highest BCUT2D eigenvalue weighted by molar-refractivity contribution is 6.13. The fraction of sp³-hybridized carbons (Fsp3) is 0.444. The van der Waals surface area contributed by atoms with Gasteiger partial charge in [-0.05, 0) is 44.5 Å². The maximum Gasteiger partial charge on any atom is 0.227 e. The molecule has 5 nitrogen and oxygen atoms in total. The van der Waals surface area contributed by atoms with Crippen molar-refractivity contribution in [3.05, 3.63) is 40.7 Å². The number of ether oxygens (including phenoxy) is 2. The Morgan fingerprint density at radius 3 is 2.57 bits per heavy atom. The maximum atomic E-state index is 12.6. The molecule has 0 radical (unpaired) electrons. The lowest BCUT2D eigenvalue weighted by Gasteiger charge is -2.45. The van der Waals surface area contributed by atoms with Gasteiger partial charge >= 0.3 is 0 Å². The summed E-state index contributed by atoms with van der Waals surface area (Å²) in [6.45, 7) is 5.42. The minimum atomic E-state index is -0.951. The van der Waals surface area contributed by atoms with Crippen LogP contribution in [0.3, 0.4) is 0 Å². The molecule has 4 rings (SSSR count). The van der Waals surface area contributed by atoms with Crippen LogP contribution in [0.2, 0.25) is 0 Å². The van der Waals surface area contributed by atoms with Crippen LogP contribution in [0.5, 0.6) is 5.75 Å². The van der Waals surface area contributed by atoms with E-state index in [2.05, 4.69) is 0 Å². The summed E-state index contributed by atoms with van der Waals surface area (Å²) in [5.74, 6) is -0.223. The highest BCUT2D eigenvalue weighted by Gasteiger charge is 2.70. The minimum Gasteiger partial charge on any atom is -0.504 e. The van der Waals surface area contributed by atoms with Crippen molar-refractivity contribution >= 4 is 11.6 Å². The van der Waals surface area contributed by atoms with Gasteiger partial charge in [-0.25, -0.2) is 0 Å². The van der Waals surface area contributed by atoms with Gasteiger partial charge in [0.2, 0.25) is 5.78 Å². The Kier molecular flexibility index (Phi) is 2.53. The summed E-state index contributed by atoms with van der Waals surface area (Å²) in [5, 5.41) is 10.6. The molecule has 120 valence electrons. The van der Waals surface area contributed by atoms with Gasteiger partial charge < -0.3 is 14.6 Å². The van der Waals surface area contributed by atoms with Gasteiger partial charge in [-0.3, -0.25) is 9.59 Å². The number of benzene rings is 1. The first-order chi connectivity index (χ1) is 10.7. The van der Waals surface area contributed by atoms with Crippen molar-refractivity contribution in [1.82, 2.24) is 0 Å². The number of ketones is 2. The number of rotatable bonds is 1. The minimum absolute atomic E-state index is 0.0827. The van der Waals surface area contributed by atoms with E-state index >= 15 is 0 Å². The number of aliphatic hydroxyl groups excluding tert-OH is 1. The Morgan fingerprint density at radius 2 is 1.91 bits per heavy atom. The molecular formula is C18H18O5. The summed E-state index contributed by atoms with van der Waals surface area (Å²) < 4.78 is 11.0. The fourth-order valence-electron chi connectivity index (χ4n) is 4.37.